The van der Waals surface area contributed by atoms with Crippen LogP contribution in [0.15, 0.2) is 53.5 Å². The van der Waals surface area contributed by atoms with Gasteiger partial charge < -0.3 is 10.1 Å². The maximum absolute atomic E-state index is 14.3. The fourth-order valence-corrected chi connectivity index (χ4v) is 4.43. The second-order valence-electron chi connectivity index (χ2n) is 7.69. The zero-order chi connectivity index (χ0) is 27.6. The van der Waals surface area contributed by atoms with Gasteiger partial charge in [0, 0.05) is 10.7 Å². The van der Waals surface area contributed by atoms with Gasteiger partial charge in [0.05, 0.1) is 19.2 Å². The summed E-state index contributed by atoms with van der Waals surface area (Å²) >= 11 is 6.61. The largest absolute Gasteiger partial charge is 0.497 e. The highest BCUT2D eigenvalue weighted by Crippen LogP contribution is 2.33. The lowest BCUT2D eigenvalue weighted by Crippen LogP contribution is -2.48. The number of nitrogens with zero attached hydrogens (tertiary/aromatic N) is 2. The number of anilines is 2. The van der Waals surface area contributed by atoms with Gasteiger partial charge in [-0.1, -0.05) is 23.4 Å². The van der Waals surface area contributed by atoms with Crippen LogP contribution >= 0.6 is 23.4 Å². The van der Waals surface area contributed by atoms with E-state index in [0.29, 0.717) is 21.5 Å². The van der Waals surface area contributed by atoms with Crippen LogP contribution < -0.4 is 15.5 Å². The van der Waals surface area contributed by atoms with Gasteiger partial charge in [-0.05, 0) is 48.5 Å². The maximum Gasteiger partial charge on any atom is 0.249 e. The smallest absolute Gasteiger partial charge is 0.249 e. The topological polar surface area (TPSA) is 83.0 Å². The molecule has 3 aromatic rings. The lowest BCUT2D eigenvalue weighted by atomic mass is 10.2. The summed E-state index contributed by atoms with van der Waals surface area (Å²) in [6.07, 6.45) is -0.491. The van der Waals surface area contributed by atoms with Crippen molar-refractivity contribution in [3.05, 3.63) is 82.6 Å². The number of aliphatic imine (C=N–C) groups is 1. The van der Waals surface area contributed by atoms with E-state index in [-0.39, 0.29) is 10.9 Å². The van der Waals surface area contributed by atoms with Crippen LogP contribution in [0.2, 0.25) is 5.02 Å². The predicted molar refractivity (Wildman–Crippen MR) is 133 cm³/mol. The number of carbonyl (C=O) groups is 2. The summed E-state index contributed by atoms with van der Waals surface area (Å²) in [7, 11) is 1.48. The van der Waals surface area contributed by atoms with E-state index in [0.717, 1.165) is 11.8 Å². The Labute approximate surface area is 221 Å². The minimum atomic E-state index is -2.35. The predicted octanol–water partition coefficient (Wildman–Crippen LogP) is 6.03. The van der Waals surface area contributed by atoms with Crippen molar-refractivity contribution >= 4 is 57.4 Å². The van der Waals surface area contributed by atoms with Crippen LogP contribution in [0, 0.1) is 29.1 Å². The molecule has 0 aromatic heterocycles. The van der Waals surface area contributed by atoms with Crippen molar-refractivity contribution in [2.45, 2.75) is 11.7 Å². The molecule has 2 N–H and O–H groups in total. The third-order valence-electron chi connectivity index (χ3n) is 5.18. The molecular weight excluding hydrogens is 555 g/mol. The van der Waals surface area contributed by atoms with Gasteiger partial charge in [0.1, 0.15) is 16.7 Å². The van der Waals surface area contributed by atoms with Gasteiger partial charge in [0.15, 0.2) is 28.4 Å². The van der Waals surface area contributed by atoms with Gasteiger partial charge >= 0.3 is 0 Å². The lowest BCUT2D eigenvalue weighted by molar-refractivity contribution is -0.128. The Morgan fingerprint density at radius 3 is 2.13 bits per heavy atom. The molecule has 3 aromatic carbocycles. The van der Waals surface area contributed by atoms with E-state index in [1.54, 1.807) is 24.3 Å². The summed E-state index contributed by atoms with van der Waals surface area (Å²) in [4.78, 5) is 30.2. The zero-order valence-corrected chi connectivity index (χ0v) is 20.8. The Balaban J connectivity index is 1.66. The summed E-state index contributed by atoms with van der Waals surface area (Å²) in [5, 5.41) is 2.19. The van der Waals surface area contributed by atoms with E-state index in [1.165, 1.54) is 31.4 Å². The Hall–Kier alpha value is -3.84. The number of benzene rings is 3. The Bertz CT molecular complexity index is 1400. The quantitative estimate of drug-likeness (QED) is 0.215. The molecule has 0 saturated carbocycles. The van der Waals surface area contributed by atoms with Gasteiger partial charge in [0.25, 0.3) is 0 Å². The molecule has 0 aliphatic carbocycles. The molecule has 0 radical (unpaired) electrons. The third-order valence-corrected chi connectivity index (χ3v) is 6.59. The first-order valence-corrected chi connectivity index (χ1v) is 11.9. The van der Waals surface area contributed by atoms with Crippen molar-refractivity contribution in [1.82, 2.24) is 5.01 Å². The number of methoxy groups -OCH3 is 1. The van der Waals surface area contributed by atoms with Crippen molar-refractivity contribution in [3.8, 4) is 5.75 Å². The molecule has 1 aliphatic heterocycles. The number of ether oxygens (including phenoxy) is 1. The second kappa shape index (κ2) is 11.3. The number of hydrogen-bond donors (Lipinski definition) is 2. The Morgan fingerprint density at radius 2 is 1.55 bits per heavy atom. The molecule has 2 amide bonds. The average Bonchev–Trinajstić information content (AvgIpc) is 2.91. The molecule has 7 nitrogen and oxygen atoms in total. The lowest BCUT2D eigenvalue weighted by Gasteiger charge is -2.32. The molecule has 1 unspecified atom stereocenters. The van der Waals surface area contributed by atoms with Gasteiger partial charge in [-0.15, -0.1) is 0 Å². The minimum absolute atomic E-state index is 0.227. The van der Waals surface area contributed by atoms with E-state index in [1.807, 2.05) is 5.43 Å². The van der Waals surface area contributed by atoms with Crippen LogP contribution in [0.3, 0.4) is 0 Å². The fraction of sp³-hybridized carbons (Fsp3) is 0.125. The molecule has 0 bridgehead atoms. The van der Waals surface area contributed by atoms with E-state index in [4.69, 9.17) is 16.3 Å². The molecule has 1 aliphatic rings. The average molecular weight is 571 g/mol. The van der Waals surface area contributed by atoms with Crippen molar-refractivity contribution in [2.24, 2.45) is 4.99 Å². The standard InChI is InChI=1S/C24H16ClF5N4O3S/c1-37-14-8-6-12(7-9-14)31-23(36)15-10-16(35)34(24(38-15)32-13-4-2-11(25)3-5-13)33-22-20(29)18(27)17(26)19(28)21(22)30/h2-9,15,33H,10H2,1H3,(H,31,36). The first kappa shape index (κ1) is 27.2. The van der Waals surface area contributed by atoms with Gasteiger partial charge in [-0.3, -0.25) is 15.0 Å². The number of hydrogen-bond acceptors (Lipinski definition) is 6. The summed E-state index contributed by atoms with van der Waals surface area (Å²) in [6, 6.07) is 12.2. The van der Waals surface area contributed by atoms with Crippen molar-refractivity contribution in [1.29, 1.82) is 0 Å². The van der Waals surface area contributed by atoms with E-state index < -0.39 is 58.3 Å². The molecule has 14 heteroatoms. The summed E-state index contributed by atoms with van der Waals surface area (Å²) < 4.78 is 74.7. The molecular formula is C24H16ClF5N4O3S. The van der Waals surface area contributed by atoms with Crippen LogP contribution in [-0.2, 0) is 9.59 Å². The molecule has 4 rings (SSSR count). The maximum atomic E-state index is 14.3. The number of rotatable bonds is 6. The van der Waals surface area contributed by atoms with Crippen LogP contribution in [0.4, 0.5) is 39.0 Å². The Morgan fingerprint density at radius 1 is 0.974 bits per heavy atom. The first-order valence-electron chi connectivity index (χ1n) is 10.7. The summed E-state index contributed by atoms with van der Waals surface area (Å²) in [5.74, 6) is -12.1. The van der Waals surface area contributed by atoms with E-state index >= 15 is 0 Å². The van der Waals surface area contributed by atoms with Crippen molar-refractivity contribution in [2.75, 3.05) is 17.9 Å². The van der Waals surface area contributed by atoms with Gasteiger partial charge in [0.2, 0.25) is 17.6 Å². The van der Waals surface area contributed by atoms with Gasteiger partial charge in [-0.2, -0.15) is 5.01 Å². The summed E-state index contributed by atoms with van der Waals surface area (Å²) in [5.41, 5.74) is 1.12. The molecule has 1 atom stereocenters. The zero-order valence-electron chi connectivity index (χ0n) is 19.2. The molecule has 38 heavy (non-hydrogen) atoms. The normalized spacial score (nSPS) is 16.5. The summed E-state index contributed by atoms with van der Waals surface area (Å²) in [6.45, 7) is 0. The molecule has 1 fully saturated rings. The third kappa shape index (κ3) is 5.68. The molecule has 1 saturated heterocycles. The number of hydrazine groups is 1. The number of carbonyl (C=O) groups excluding carboxylic acids is 2. The van der Waals surface area contributed by atoms with Crippen LogP contribution in [0.5, 0.6) is 5.75 Å². The van der Waals surface area contributed by atoms with Crippen LogP contribution in [0.1, 0.15) is 6.42 Å². The number of thioether (sulfide) groups is 1. The monoisotopic (exact) mass is 570 g/mol. The van der Waals surface area contributed by atoms with Crippen molar-refractivity contribution < 1.29 is 36.3 Å². The number of nitrogens with one attached hydrogen (secondary N) is 2. The van der Waals surface area contributed by atoms with E-state index in [2.05, 4.69) is 10.3 Å². The first-order chi connectivity index (χ1) is 18.1. The second-order valence-corrected chi connectivity index (χ2v) is 9.29. The van der Waals surface area contributed by atoms with E-state index in [9.17, 15) is 31.5 Å². The number of halogens is 6. The fourth-order valence-electron chi connectivity index (χ4n) is 3.25. The molecule has 198 valence electrons. The van der Waals surface area contributed by atoms with Crippen LogP contribution in [-0.4, -0.2) is 34.4 Å². The Kier molecular flexibility index (Phi) is 8.07. The van der Waals surface area contributed by atoms with Gasteiger partial charge in [-0.25, -0.2) is 26.9 Å². The molecule has 1 heterocycles. The van der Waals surface area contributed by atoms with Crippen LogP contribution in [0.25, 0.3) is 0 Å². The SMILES string of the molecule is COc1ccc(NC(=O)C2CC(=O)N(Nc3c(F)c(F)c(F)c(F)c3F)C(=Nc3ccc(Cl)cc3)S2)cc1. The number of amides is 2. The highest BCUT2D eigenvalue weighted by molar-refractivity contribution is 8.15. The number of amidine groups is 1. The minimum Gasteiger partial charge on any atom is -0.497 e. The van der Waals surface area contributed by atoms with Crippen molar-refractivity contribution in [3.63, 3.8) is 0 Å². The molecule has 0 spiro atoms. The highest BCUT2D eigenvalue weighted by atomic mass is 35.5. The highest BCUT2D eigenvalue weighted by Gasteiger charge is 2.38.